The van der Waals surface area contributed by atoms with E-state index in [1.807, 2.05) is 13.8 Å². The Bertz CT molecular complexity index is 1890. The van der Waals surface area contributed by atoms with Gasteiger partial charge in [-0.1, -0.05) is 39.5 Å². The summed E-state index contributed by atoms with van der Waals surface area (Å²) in [7, 11) is 1.27. The van der Waals surface area contributed by atoms with E-state index < -0.39 is 22.2 Å². The van der Waals surface area contributed by atoms with Crippen molar-refractivity contribution in [3.05, 3.63) is 53.5 Å². The van der Waals surface area contributed by atoms with Gasteiger partial charge < -0.3 is 9.84 Å². The lowest BCUT2D eigenvalue weighted by molar-refractivity contribution is 0.393. The molecule has 0 bridgehead atoms. The molecule has 0 aliphatic rings. The smallest absolute Gasteiger partial charge is 0.333 e. The van der Waals surface area contributed by atoms with E-state index in [0.717, 1.165) is 25.7 Å². The lowest BCUT2D eigenvalue weighted by Gasteiger charge is -2.18. The van der Waals surface area contributed by atoms with Gasteiger partial charge in [0.05, 0.1) is 17.9 Å². The zero-order valence-corrected chi connectivity index (χ0v) is 21.1. The molecule has 0 atom stereocenters. The minimum absolute atomic E-state index is 0.0265. The van der Waals surface area contributed by atoms with Gasteiger partial charge in [-0.2, -0.15) is 0 Å². The second-order valence-electron chi connectivity index (χ2n) is 9.35. The van der Waals surface area contributed by atoms with Gasteiger partial charge >= 0.3 is 5.56 Å². The number of fused-ring (bicyclic) bond motifs is 3. The molecule has 1 N–H and O–H groups in total. The van der Waals surface area contributed by atoms with Crippen molar-refractivity contribution in [2.24, 2.45) is 0 Å². The molecule has 0 saturated heterocycles. The van der Waals surface area contributed by atoms with Gasteiger partial charge in [-0.05, 0) is 25.0 Å². The number of aromatic hydroxyl groups is 1. The van der Waals surface area contributed by atoms with Gasteiger partial charge in [0.1, 0.15) is 11.0 Å². The Morgan fingerprint density at radius 3 is 1.89 bits per heavy atom. The van der Waals surface area contributed by atoms with Crippen LogP contribution in [0.2, 0.25) is 0 Å². The number of ether oxygens (including phenoxy) is 1. The predicted octanol–water partition coefficient (Wildman–Crippen LogP) is 3.10. The van der Waals surface area contributed by atoms with Gasteiger partial charge in [-0.15, -0.1) is 0 Å². The lowest BCUT2D eigenvalue weighted by atomic mass is 9.94. The van der Waals surface area contributed by atoms with Crippen LogP contribution in [-0.2, 0) is 13.1 Å². The molecule has 10 nitrogen and oxygen atoms in total. The average Bonchev–Trinajstić information content (AvgIpc) is 2.89. The predicted molar refractivity (Wildman–Crippen MR) is 143 cm³/mol. The lowest BCUT2D eigenvalue weighted by Crippen LogP contribution is -2.34. The maximum absolute atomic E-state index is 13.8. The highest BCUT2D eigenvalue weighted by Crippen LogP contribution is 2.38. The number of aromatic nitrogens is 4. The Morgan fingerprint density at radius 1 is 0.730 bits per heavy atom. The first-order chi connectivity index (χ1) is 17.8. The highest BCUT2D eigenvalue weighted by atomic mass is 16.5. The summed E-state index contributed by atoms with van der Waals surface area (Å²) in [5, 5.41) is 12.3. The number of nitrogens with zero attached hydrogens (tertiary/aromatic N) is 4. The van der Waals surface area contributed by atoms with Crippen molar-refractivity contribution < 1.29 is 9.84 Å². The van der Waals surface area contributed by atoms with E-state index in [2.05, 4.69) is 9.97 Å². The van der Waals surface area contributed by atoms with Gasteiger partial charge in [-0.25, -0.2) is 9.97 Å². The largest absolute Gasteiger partial charge is 0.494 e. The van der Waals surface area contributed by atoms with Crippen LogP contribution in [0.5, 0.6) is 11.8 Å². The molecule has 2 aromatic carbocycles. The molecule has 0 aliphatic heterocycles. The molecule has 0 aliphatic carbocycles. The summed E-state index contributed by atoms with van der Waals surface area (Å²) in [5.74, 6) is -0.563. The van der Waals surface area contributed by atoms with E-state index >= 15 is 0 Å². The van der Waals surface area contributed by atoms with Crippen LogP contribution >= 0.6 is 0 Å². The van der Waals surface area contributed by atoms with Crippen molar-refractivity contribution in [3.63, 3.8) is 0 Å². The summed E-state index contributed by atoms with van der Waals surface area (Å²) >= 11 is 0. The third-order valence-electron chi connectivity index (χ3n) is 7.07. The monoisotopic (exact) mass is 504 g/mol. The maximum Gasteiger partial charge on any atom is 0.333 e. The third kappa shape index (κ3) is 3.61. The Morgan fingerprint density at radius 2 is 1.27 bits per heavy atom. The Balaban J connectivity index is 2.05. The Hall–Kier alpha value is -4.08. The van der Waals surface area contributed by atoms with Gasteiger partial charge in [-0.3, -0.25) is 28.3 Å². The van der Waals surface area contributed by atoms with Crippen molar-refractivity contribution >= 4 is 43.4 Å². The van der Waals surface area contributed by atoms with Gasteiger partial charge in [0.25, 0.3) is 22.6 Å². The first kappa shape index (κ1) is 24.6. The van der Waals surface area contributed by atoms with Gasteiger partial charge in [0, 0.05) is 34.6 Å². The fourth-order valence-electron chi connectivity index (χ4n) is 5.23. The van der Waals surface area contributed by atoms with Crippen LogP contribution in [0.1, 0.15) is 52.4 Å². The van der Waals surface area contributed by atoms with E-state index in [1.165, 1.54) is 16.2 Å². The molecule has 0 saturated carbocycles. The highest BCUT2D eigenvalue weighted by molar-refractivity contribution is 6.32. The molecule has 0 amide bonds. The zero-order chi connectivity index (χ0) is 26.4. The summed E-state index contributed by atoms with van der Waals surface area (Å²) in [6.07, 6.45) is 4.84. The minimum Gasteiger partial charge on any atom is -0.494 e. The topological polar surface area (TPSA) is 133 Å². The normalized spacial score (nSPS) is 12.0. The third-order valence-corrected chi connectivity index (χ3v) is 7.07. The SMILES string of the molecule is CCCCCn1c(O)c2ccc3c(=O)n(CCCCC)c(=O)c4c5nc(OC)c(=O)nc5c(c1=O)c2c34. The molecule has 5 rings (SSSR count). The molecular weight excluding hydrogens is 476 g/mol. The van der Waals surface area contributed by atoms with Crippen LogP contribution < -0.4 is 27.0 Å². The fourth-order valence-corrected chi connectivity index (χ4v) is 5.23. The number of hydrogen-bond donors (Lipinski definition) is 1. The van der Waals surface area contributed by atoms with E-state index in [9.17, 15) is 24.3 Å². The van der Waals surface area contributed by atoms with Crippen LogP contribution in [0, 0.1) is 0 Å². The number of unbranched alkanes of at least 4 members (excludes halogenated alkanes) is 4. The molecule has 3 aromatic heterocycles. The first-order valence-corrected chi connectivity index (χ1v) is 12.6. The molecule has 192 valence electrons. The van der Waals surface area contributed by atoms with Gasteiger partial charge in [0.2, 0.25) is 5.88 Å². The molecule has 0 radical (unpaired) electrons. The number of methoxy groups -OCH3 is 1. The van der Waals surface area contributed by atoms with Crippen LogP contribution in [-0.4, -0.2) is 31.3 Å². The standard InChI is InChI=1S/C27H28N4O6/c1-4-6-8-12-30-24(33)14-10-11-15-17-16(14)18(26(30)35)20-21(29-23(37-3)22(32)28-20)19(17)27(36)31(25(15)34)13-9-7-5-2/h10-11,33H,4-9,12-13H2,1-3H3. The quantitative estimate of drug-likeness (QED) is 0.184. The van der Waals surface area contributed by atoms with Crippen molar-refractivity contribution in [1.82, 2.24) is 19.1 Å². The average molecular weight is 505 g/mol. The molecular formula is C27H28N4O6. The van der Waals surface area contributed by atoms with Crippen molar-refractivity contribution in [3.8, 4) is 11.8 Å². The highest BCUT2D eigenvalue weighted by Gasteiger charge is 2.27. The van der Waals surface area contributed by atoms with E-state index in [-0.39, 0.29) is 62.8 Å². The van der Waals surface area contributed by atoms with E-state index in [4.69, 9.17) is 4.74 Å². The fraction of sp³-hybridized carbons (Fsp3) is 0.407. The molecule has 3 heterocycles. The molecule has 0 fully saturated rings. The summed E-state index contributed by atoms with van der Waals surface area (Å²) < 4.78 is 7.54. The minimum atomic E-state index is -0.779. The summed E-state index contributed by atoms with van der Waals surface area (Å²) in [6.45, 7) is 4.55. The van der Waals surface area contributed by atoms with Crippen molar-refractivity contribution in [1.29, 1.82) is 0 Å². The zero-order valence-electron chi connectivity index (χ0n) is 21.1. The van der Waals surface area contributed by atoms with Crippen molar-refractivity contribution in [2.75, 3.05) is 7.11 Å². The molecule has 0 unspecified atom stereocenters. The Labute approximate surface area is 210 Å². The van der Waals surface area contributed by atoms with Crippen LogP contribution in [0.25, 0.3) is 43.4 Å². The van der Waals surface area contributed by atoms with E-state index in [0.29, 0.717) is 18.2 Å². The van der Waals surface area contributed by atoms with Crippen LogP contribution in [0.3, 0.4) is 0 Å². The molecule has 5 aromatic rings. The van der Waals surface area contributed by atoms with Crippen LogP contribution in [0.15, 0.2) is 31.3 Å². The summed E-state index contributed by atoms with van der Waals surface area (Å²) in [4.78, 5) is 62.2. The number of pyridine rings is 2. The molecule has 10 heteroatoms. The summed E-state index contributed by atoms with van der Waals surface area (Å²) in [5.41, 5.74) is -2.39. The molecule has 37 heavy (non-hydrogen) atoms. The second kappa shape index (κ2) is 9.42. The number of rotatable bonds is 9. The Kier molecular flexibility index (Phi) is 6.26. The second-order valence-corrected chi connectivity index (χ2v) is 9.35. The number of benzene rings is 2. The summed E-state index contributed by atoms with van der Waals surface area (Å²) in [6, 6.07) is 3.15. The van der Waals surface area contributed by atoms with Crippen LogP contribution in [0.4, 0.5) is 0 Å². The molecule has 0 spiro atoms. The van der Waals surface area contributed by atoms with Crippen molar-refractivity contribution in [2.45, 2.75) is 65.5 Å². The maximum atomic E-state index is 13.8. The number of hydrogen-bond acceptors (Lipinski definition) is 8. The van der Waals surface area contributed by atoms with Gasteiger partial charge in [0.15, 0.2) is 0 Å². The first-order valence-electron chi connectivity index (χ1n) is 12.6. The van der Waals surface area contributed by atoms with E-state index in [1.54, 1.807) is 12.1 Å².